The molecule has 0 spiro atoms. The first-order valence-electron chi connectivity index (χ1n) is 2.63. The minimum absolute atomic E-state index is 0.208. The van der Waals surface area contributed by atoms with Crippen LogP contribution < -0.4 is 5.73 Å². The lowest BCUT2D eigenvalue weighted by atomic mass is 10.3. The van der Waals surface area contributed by atoms with Gasteiger partial charge in [-0.3, -0.25) is 4.98 Å². The molecule has 1 heterocycles. The Bertz CT molecular complexity index is 200. The van der Waals surface area contributed by atoms with Crippen molar-refractivity contribution < 1.29 is 4.39 Å². The van der Waals surface area contributed by atoms with Crippen LogP contribution in [0.15, 0.2) is 18.5 Å². The van der Waals surface area contributed by atoms with E-state index in [0.29, 0.717) is 5.56 Å². The molecule has 2 N–H and O–H groups in total. The summed E-state index contributed by atoms with van der Waals surface area (Å²) in [5.74, 6) is -0.285. The second kappa shape index (κ2) is 2.55. The van der Waals surface area contributed by atoms with Crippen molar-refractivity contribution >= 4 is 0 Å². The van der Waals surface area contributed by atoms with Gasteiger partial charge in [0.1, 0.15) is 5.82 Å². The Balaban J connectivity index is 3.01. The topological polar surface area (TPSA) is 38.9 Å². The Morgan fingerprint density at radius 1 is 1.67 bits per heavy atom. The quantitative estimate of drug-likeness (QED) is 0.601. The number of aromatic nitrogens is 1. The molecule has 0 unspecified atom stereocenters. The molecule has 0 amide bonds. The lowest BCUT2D eigenvalue weighted by Crippen LogP contribution is -1.99. The van der Waals surface area contributed by atoms with Crippen molar-refractivity contribution in [3.8, 4) is 0 Å². The van der Waals surface area contributed by atoms with Crippen LogP contribution in [-0.2, 0) is 6.54 Å². The van der Waals surface area contributed by atoms with E-state index < -0.39 is 0 Å². The third kappa shape index (κ3) is 1.23. The van der Waals surface area contributed by atoms with Gasteiger partial charge in [-0.15, -0.1) is 0 Å². The molecule has 0 aliphatic rings. The van der Waals surface area contributed by atoms with E-state index >= 15 is 0 Å². The highest BCUT2D eigenvalue weighted by Crippen LogP contribution is 2.01. The van der Waals surface area contributed by atoms with Crippen LogP contribution in [0.1, 0.15) is 5.56 Å². The maximum atomic E-state index is 12.5. The van der Waals surface area contributed by atoms with Gasteiger partial charge in [-0.25, -0.2) is 4.39 Å². The Morgan fingerprint density at radius 3 is 2.89 bits per heavy atom. The van der Waals surface area contributed by atoms with E-state index in [-0.39, 0.29) is 12.4 Å². The second-order valence-electron chi connectivity index (χ2n) is 1.67. The summed E-state index contributed by atoms with van der Waals surface area (Å²) in [5, 5.41) is 0. The fourth-order valence-electron chi connectivity index (χ4n) is 0.560. The highest BCUT2D eigenvalue weighted by atomic mass is 19.1. The van der Waals surface area contributed by atoms with Crippen LogP contribution in [0.25, 0.3) is 0 Å². The number of hydrogen-bond donors (Lipinski definition) is 1. The normalized spacial score (nSPS) is 9.56. The highest BCUT2D eigenvalue weighted by molar-refractivity contribution is 5.10. The van der Waals surface area contributed by atoms with E-state index in [1.165, 1.54) is 18.5 Å². The van der Waals surface area contributed by atoms with Gasteiger partial charge < -0.3 is 5.73 Å². The fourth-order valence-corrected chi connectivity index (χ4v) is 0.560. The Labute approximate surface area is 52.5 Å². The zero-order chi connectivity index (χ0) is 6.69. The average molecular weight is 126 g/mol. The van der Waals surface area contributed by atoms with Crippen LogP contribution >= 0.6 is 0 Å². The molecule has 0 aliphatic carbocycles. The van der Waals surface area contributed by atoms with Crippen LogP contribution in [0.4, 0.5) is 4.39 Å². The summed E-state index contributed by atoms with van der Waals surface area (Å²) in [6.45, 7) is 0.208. The molecule has 3 heteroatoms. The monoisotopic (exact) mass is 126 g/mol. The van der Waals surface area contributed by atoms with Crippen LogP contribution in [0, 0.1) is 5.82 Å². The molecule has 0 radical (unpaired) electrons. The van der Waals surface area contributed by atoms with E-state index in [2.05, 4.69) is 4.98 Å². The summed E-state index contributed by atoms with van der Waals surface area (Å²) >= 11 is 0. The summed E-state index contributed by atoms with van der Waals surface area (Å²) in [5.41, 5.74) is 5.63. The average Bonchev–Trinajstić information content (AvgIpc) is 1.89. The Morgan fingerprint density at radius 2 is 2.44 bits per heavy atom. The third-order valence-corrected chi connectivity index (χ3v) is 1.06. The zero-order valence-electron chi connectivity index (χ0n) is 4.84. The van der Waals surface area contributed by atoms with Crippen molar-refractivity contribution in [3.63, 3.8) is 0 Å². The van der Waals surface area contributed by atoms with Crippen LogP contribution in [0.5, 0.6) is 0 Å². The number of halogens is 1. The largest absolute Gasteiger partial charge is 0.326 e. The molecule has 1 rings (SSSR count). The molecule has 0 saturated heterocycles. The molecule has 0 bridgehead atoms. The number of pyridine rings is 1. The number of nitrogens with zero attached hydrogens (tertiary/aromatic N) is 1. The van der Waals surface area contributed by atoms with Crippen molar-refractivity contribution in [1.82, 2.24) is 4.98 Å². The number of rotatable bonds is 1. The van der Waals surface area contributed by atoms with E-state index in [1.54, 1.807) is 0 Å². The third-order valence-electron chi connectivity index (χ3n) is 1.06. The van der Waals surface area contributed by atoms with Crippen LogP contribution in [0.2, 0.25) is 0 Å². The van der Waals surface area contributed by atoms with E-state index in [1.807, 2.05) is 0 Å². The minimum atomic E-state index is -0.285. The van der Waals surface area contributed by atoms with E-state index in [4.69, 9.17) is 5.73 Å². The first-order chi connectivity index (χ1) is 4.34. The summed E-state index contributed by atoms with van der Waals surface area (Å²) in [6.07, 6.45) is 2.82. The van der Waals surface area contributed by atoms with Gasteiger partial charge in [0.2, 0.25) is 0 Å². The first-order valence-corrected chi connectivity index (χ1v) is 2.63. The van der Waals surface area contributed by atoms with E-state index in [0.717, 1.165) is 0 Å². The van der Waals surface area contributed by atoms with E-state index in [9.17, 15) is 4.39 Å². The van der Waals surface area contributed by atoms with Gasteiger partial charge in [-0.2, -0.15) is 0 Å². The predicted molar refractivity (Wildman–Crippen MR) is 32.1 cm³/mol. The SMILES string of the molecule is NCc1cnccc1F. The summed E-state index contributed by atoms with van der Waals surface area (Å²) in [7, 11) is 0. The van der Waals surface area contributed by atoms with Crippen molar-refractivity contribution in [3.05, 3.63) is 29.8 Å². The molecule has 2 nitrogen and oxygen atoms in total. The maximum absolute atomic E-state index is 12.5. The van der Waals surface area contributed by atoms with Gasteiger partial charge in [0, 0.05) is 24.5 Å². The minimum Gasteiger partial charge on any atom is -0.326 e. The number of nitrogens with two attached hydrogens (primary N) is 1. The Kier molecular flexibility index (Phi) is 1.75. The zero-order valence-corrected chi connectivity index (χ0v) is 4.84. The van der Waals surface area contributed by atoms with Crippen molar-refractivity contribution in [2.24, 2.45) is 5.73 Å². The molecule has 0 fully saturated rings. The van der Waals surface area contributed by atoms with Crippen molar-refractivity contribution in [2.75, 3.05) is 0 Å². The summed E-state index contributed by atoms with van der Waals surface area (Å²) in [4.78, 5) is 3.70. The highest BCUT2D eigenvalue weighted by Gasteiger charge is 1.95. The van der Waals surface area contributed by atoms with Crippen LogP contribution in [-0.4, -0.2) is 4.98 Å². The molecule has 48 valence electrons. The van der Waals surface area contributed by atoms with Crippen LogP contribution in [0.3, 0.4) is 0 Å². The van der Waals surface area contributed by atoms with Gasteiger partial charge in [0.15, 0.2) is 0 Å². The molecule has 0 aliphatic heterocycles. The molecule has 0 atom stereocenters. The lowest BCUT2D eigenvalue weighted by molar-refractivity contribution is 0.607. The predicted octanol–water partition coefficient (Wildman–Crippen LogP) is 0.679. The summed E-state index contributed by atoms with van der Waals surface area (Å²) in [6, 6.07) is 1.29. The molecule has 0 aromatic carbocycles. The molecule has 1 aromatic rings. The molecule has 1 aromatic heterocycles. The van der Waals surface area contributed by atoms with Gasteiger partial charge in [-0.1, -0.05) is 0 Å². The molecular weight excluding hydrogens is 119 g/mol. The van der Waals surface area contributed by atoms with Gasteiger partial charge in [0.25, 0.3) is 0 Å². The molecule has 9 heavy (non-hydrogen) atoms. The first kappa shape index (κ1) is 6.16. The van der Waals surface area contributed by atoms with Gasteiger partial charge in [-0.05, 0) is 6.07 Å². The fraction of sp³-hybridized carbons (Fsp3) is 0.167. The van der Waals surface area contributed by atoms with Crippen molar-refractivity contribution in [2.45, 2.75) is 6.54 Å². The second-order valence-corrected chi connectivity index (χ2v) is 1.67. The van der Waals surface area contributed by atoms with Gasteiger partial charge >= 0.3 is 0 Å². The molecular formula is C6H7FN2. The van der Waals surface area contributed by atoms with Crippen molar-refractivity contribution in [1.29, 1.82) is 0 Å². The number of hydrogen-bond acceptors (Lipinski definition) is 2. The lowest BCUT2D eigenvalue weighted by Gasteiger charge is -1.94. The van der Waals surface area contributed by atoms with Gasteiger partial charge in [0.05, 0.1) is 0 Å². The standard InChI is InChI=1S/C6H7FN2/c7-6-1-2-9-4-5(6)3-8/h1-2,4H,3,8H2. The summed E-state index contributed by atoms with van der Waals surface area (Å²) < 4.78 is 12.5. The molecule has 0 saturated carbocycles. The maximum Gasteiger partial charge on any atom is 0.130 e. The Hall–Kier alpha value is -0.960. The smallest absolute Gasteiger partial charge is 0.130 e.